The van der Waals surface area contributed by atoms with Crippen molar-refractivity contribution in [3.8, 4) is 6.07 Å². The second-order valence-electron chi connectivity index (χ2n) is 4.43. The summed E-state index contributed by atoms with van der Waals surface area (Å²) < 4.78 is 9.78. The maximum Gasteiger partial charge on any atom is 0.331 e. The molecule has 0 saturated carbocycles. The van der Waals surface area contributed by atoms with Crippen LogP contribution in [0.1, 0.15) is 18.1 Å². The van der Waals surface area contributed by atoms with Crippen molar-refractivity contribution in [2.24, 2.45) is 0 Å². The second-order valence-corrected chi connectivity index (χ2v) is 4.43. The van der Waals surface area contributed by atoms with Gasteiger partial charge in [-0.3, -0.25) is 4.79 Å². The largest absolute Gasteiger partial charge is 0.449 e. The molecule has 0 fully saturated rings. The molecule has 0 radical (unpaired) electrons. The van der Waals surface area contributed by atoms with Gasteiger partial charge in [0, 0.05) is 19.7 Å². The summed E-state index contributed by atoms with van der Waals surface area (Å²) in [7, 11) is 1.53. The van der Waals surface area contributed by atoms with Crippen molar-refractivity contribution >= 4 is 18.0 Å². The highest BCUT2D eigenvalue weighted by atomic mass is 16.5. The van der Waals surface area contributed by atoms with Crippen molar-refractivity contribution < 1.29 is 19.1 Å². The van der Waals surface area contributed by atoms with Crippen LogP contribution in [0.5, 0.6) is 0 Å². The Balaban J connectivity index is 2.45. The first kappa shape index (κ1) is 17.4. The first-order valence-electron chi connectivity index (χ1n) is 6.72. The molecule has 0 heterocycles. The van der Waals surface area contributed by atoms with Gasteiger partial charge in [0.15, 0.2) is 6.10 Å². The Morgan fingerprint density at radius 2 is 2.05 bits per heavy atom. The Hall–Kier alpha value is -2.65. The number of esters is 1. The molecule has 0 spiro atoms. The van der Waals surface area contributed by atoms with Crippen molar-refractivity contribution in [2.75, 3.05) is 20.3 Å². The van der Waals surface area contributed by atoms with Crippen LogP contribution in [-0.2, 0) is 19.1 Å². The summed E-state index contributed by atoms with van der Waals surface area (Å²) in [5.41, 5.74) is 1.30. The molecule has 0 saturated heterocycles. The smallest absolute Gasteiger partial charge is 0.331 e. The first-order chi connectivity index (χ1) is 10.6. The molecule has 6 nitrogen and oxygen atoms in total. The number of hydrogen-bond donors (Lipinski definition) is 1. The third-order valence-electron chi connectivity index (χ3n) is 2.72. The van der Waals surface area contributed by atoms with Crippen LogP contribution in [0.3, 0.4) is 0 Å². The van der Waals surface area contributed by atoms with Gasteiger partial charge in [0.2, 0.25) is 0 Å². The number of benzene rings is 1. The fraction of sp³-hybridized carbons (Fsp3) is 0.312. The molecule has 1 atom stereocenters. The minimum absolute atomic E-state index is 0.359. The van der Waals surface area contributed by atoms with E-state index in [9.17, 15) is 9.59 Å². The quantitative estimate of drug-likeness (QED) is 0.465. The zero-order chi connectivity index (χ0) is 16.4. The Bertz CT molecular complexity index is 573. The van der Waals surface area contributed by atoms with Crippen LogP contribution in [0.25, 0.3) is 6.08 Å². The zero-order valence-corrected chi connectivity index (χ0v) is 12.5. The molecular formula is C16H18N2O4. The lowest BCUT2D eigenvalue weighted by Crippen LogP contribution is -2.37. The summed E-state index contributed by atoms with van der Waals surface area (Å²) >= 11 is 0. The van der Waals surface area contributed by atoms with Crippen LogP contribution in [0.4, 0.5) is 0 Å². The SMILES string of the molecule is COCCNC(=O)[C@@H](C)OC(=O)/C=C/c1ccc(C#N)cc1. The third-order valence-corrected chi connectivity index (χ3v) is 2.72. The van der Waals surface area contributed by atoms with Gasteiger partial charge in [-0.05, 0) is 30.7 Å². The predicted octanol–water partition coefficient (Wildman–Crippen LogP) is 1.27. The van der Waals surface area contributed by atoms with Crippen LogP contribution >= 0.6 is 0 Å². The van der Waals surface area contributed by atoms with Crippen LogP contribution in [0.2, 0.25) is 0 Å². The lowest BCUT2D eigenvalue weighted by molar-refractivity contribution is -0.150. The van der Waals surface area contributed by atoms with Gasteiger partial charge in [-0.25, -0.2) is 4.79 Å². The van der Waals surface area contributed by atoms with Crippen LogP contribution in [0.15, 0.2) is 30.3 Å². The number of hydrogen-bond acceptors (Lipinski definition) is 5. The van der Waals surface area contributed by atoms with Gasteiger partial charge in [-0.15, -0.1) is 0 Å². The van der Waals surface area contributed by atoms with Crippen molar-refractivity contribution in [2.45, 2.75) is 13.0 Å². The molecule has 1 amide bonds. The summed E-state index contributed by atoms with van der Waals surface area (Å²) in [6.07, 6.45) is 1.91. The summed E-state index contributed by atoms with van der Waals surface area (Å²) in [5.74, 6) is -0.990. The summed E-state index contributed by atoms with van der Waals surface area (Å²) in [4.78, 5) is 23.2. The Morgan fingerprint density at radius 1 is 1.36 bits per heavy atom. The Morgan fingerprint density at radius 3 is 2.64 bits per heavy atom. The number of nitrogens with one attached hydrogen (secondary N) is 1. The Kier molecular flexibility index (Phi) is 7.37. The Labute approximate surface area is 129 Å². The lowest BCUT2D eigenvalue weighted by atomic mass is 10.1. The van der Waals surface area contributed by atoms with Gasteiger partial charge in [-0.2, -0.15) is 5.26 Å². The highest BCUT2D eigenvalue weighted by Gasteiger charge is 2.15. The number of nitriles is 1. The molecule has 0 bridgehead atoms. The third kappa shape index (κ3) is 6.20. The predicted molar refractivity (Wildman–Crippen MR) is 80.6 cm³/mol. The average Bonchev–Trinajstić information content (AvgIpc) is 2.53. The van der Waals surface area contributed by atoms with E-state index in [-0.39, 0.29) is 5.91 Å². The minimum atomic E-state index is -0.880. The molecule has 1 aromatic carbocycles. The number of rotatable bonds is 7. The number of carbonyl (C=O) groups excluding carboxylic acids is 2. The highest BCUT2D eigenvalue weighted by Crippen LogP contribution is 2.05. The number of ether oxygens (including phenoxy) is 2. The molecule has 0 aromatic heterocycles. The van der Waals surface area contributed by atoms with E-state index in [0.29, 0.717) is 18.7 Å². The molecule has 6 heteroatoms. The van der Waals surface area contributed by atoms with Crippen molar-refractivity contribution in [3.63, 3.8) is 0 Å². The fourth-order valence-corrected chi connectivity index (χ4v) is 1.52. The number of carbonyl (C=O) groups is 2. The van der Waals surface area contributed by atoms with E-state index in [0.717, 1.165) is 5.56 Å². The molecule has 0 aliphatic heterocycles. The van der Waals surface area contributed by atoms with E-state index in [1.54, 1.807) is 30.3 Å². The fourth-order valence-electron chi connectivity index (χ4n) is 1.52. The normalized spacial score (nSPS) is 11.7. The van der Waals surface area contributed by atoms with Crippen LogP contribution in [-0.4, -0.2) is 38.2 Å². The van der Waals surface area contributed by atoms with Gasteiger partial charge >= 0.3 is 5.97 Å². The molecular weight excluding hydrogens is 284 g/mol. The lowest BCUT2D eigenvalue weighted by Gasteiger charge is -2.11. The summed E-state index contributed by atoms with van der Waals surface area (Å²) in [5, 5.41) is 11.3. The van der Waals surface area contributed by atoms with Crippen LogP contribution in [0, 0.1) is 11.3 Å². The van der Waals surface area contributed by atoms with Gasteiger partial charge in [-0.1, -0.05) is 12.1 Å². The number of amides is 1. The van der Waals surface area contributed by atoms with Gasteiger partial charge in [0.25, 0.3) is 5.91 Å². The minimum Gasteiger partial charge on any atom is -0.449 e. The van der Waals surface area contributed by atoms with E-state index in [1.807, 2.05) is 6.07 Å². The molecule has 1 rings (SSSR count). The van der Waals surface area contributed by atoms with E-state index in [2.05, 4.69) is 5.32 Å². The van der Waals surface area contributed by atoms with E-state index in [1.165, 1.54) is 20.1 Å². The van der Waals surface area contributed by atoms with Gasteiger partial charge in [0.1, 0.15) is 0 Å². The van der Waals surface area contributed by atoms with Crippen molar-refractivity contribution in [1.29, 1.82) is 5.26 Å². The second kappa shape index (κ2) is 9.32. The van der Waals surface area contributed by atoms with Crippen molar-refractivity contribution in [3.05, 3.63) is 41.5 Å². The van der Waals surface area contributed by atoms with Gasteiger partial charge < -0.3 is 14.8 Å². The van der Waals surface area contributed by atoms with E-state index >= 15 is 0 Å². The summed E-state index contributed by atoms with van der Waals surface area (Å²) in [6, 6.07) is 8.73. The molecule has 0 unspecified atom stereocenters. The average molecular weight is 302 g/mol. The van der Waals surface area contributed by atoms with Crippen molar-refractivity contribution in [1.82, 2.24) is 5.32 Å². The molecule has 1 aromatic rings. The standard InChI is InChI=1S/C16H18N2O4/c1-12(16(20)18-9-10-21-2)22-15(19)8-7-13-3-5-14(11-17)6-4-13/h3-8,12H,9-10H2,1-2H3,(H,18,20)/b8-7+/t12-/m1/s1. The molecule has 116 valence electrons. The first-order valence-corrected chi connectivity index (χ1v) is 6.72. The topological polar surface area (TPSA) is 88.4 Å². The highest BCUT2D eigenvalue weighted by molar-refractivity contribution is 5.90. The number of methoxy groups -OCH3 is 1. The maximum atomic E-state index is 11.6. The maximum absolute atomic E-state index is 11.6. The summed E-state index contributed by atoms with van der Waals surface area (Å²) in [6.45, 7) is 2.25. The molecule has 0 aliphatic carbocycles. The molecule has 0 aliphatic rings. The molecule has 22 heavy (non-hydrogen) atoms. The number of nitrogens with zero attached hydrogens (tertiary/aromatic N) is 1. The zero-order valence-electron chi connectivity index (χ0n) is 12.5. The van der Waals surface area contributed by atoms with Gasteiger partial charge in [0.05, 0.1) is 18.2 Å². The van der Waals surface area contributed by atoms with E-state index < -0.39 is 12.1 Å². The molecule has 1 N–H and O–H groups in total. The van der Waals surface area contributed by atoms with E-state index in [4.69, 9.17) is 14.7 Å². The van der Waals surface area contributed by atoms with Crippen LogP contribution < -0.4 is 5.32 Å². The monoisotopic (exact) mass is 302 g/mol.